The average Bonchev–Trinajstić information content (AvgIpc) is 4.36. The molecule has 10 rings (SSSR count). The predicted molar refractivity (Wildman–Crippen MR) is 309 cm³/mol. The van der Waals surface area contributed by atoms with E-state index in [0.717, 1.165) is 51.5 Å². The number of ether oxygens (including phenoxy) is 8. The summed E-state index contributed by atoms with van der Waals surface area (Å²) in [5.74, 6) is 14.8. The number of methoxy groups -OCH3 is 4. The lowest BCUT2D eigenvalue weighted by Gasteiger charge is -2.25. The molecule has 0 aromatic heterocycles. The quantitative estimate of drug-likeness (QED) is 0.0538. The Labute approximate surface area is 469 Å². The summed E-state index contributed by atoms with van der Waals surface area (Å²) < 4.78 is 43.1. The molecule has 0 N–H and O–H groups in total. The van der Waals surface area contributed by atoms with Crippen molar-refractivity contribution in [2.75, 3.05) is 54.9 Å². The Morgan fingerprint density at radius 3 is 1.27 bits per heavy atom. The van der Waals surface area contributed by atoms with E-state index in [9.17, 15) is 9.59 Å². The molecule has 2 fully saturated rings. The molecule has 0 spiro atoms. The summed E-state index contributed by atoms with van der Waals surface area (Å²) in [6, 6.07) is 67.8. The van der Waals surface area contributed by atoms with Gasteiger partial charge in [-0.3, -0.25) is 9.59 Å². The lowest BCUT2D eigenvalue weighted by Crippen LogP contribution is -2.41. The van der Waals surface area contributed by atoms with Crippen LogP contribution in [-0.4, -0.2) is 66.4 Å². The van der Waals surface area contributed by atoms with Gasteiger partial charge in [0, 0.05) is 45.7 Å². The summed E-state index contributed by atoms with van der Waals surface area (Å²) in [5, 5.41) is 0. The van der Waals surface area contributed by atoms with E-state index < -0.39 is 23.1 Å². The van der Waals surface area contributed by atoms with Crippen LogP contribution in [0.5, 0.6) is 23.0 Å². The number of hydrogen-bond donors (Lipinski definition) is 0. The van der Waals surface area contributed by atoms with Gasteiger partial charge >= 0.3 is 0 Å². The Balaban J connectivity index is 0.000000167. The number of benzene rings is 8. The van der Waals surface area contributed by atoms with Crippen molar-refractivity contribution >= 4 is 23.2 Å². The van der Waals surface area contributed by atoms with Crippen molar-refractivity contribution in [1.82, 2.24) is 0 Å². The van der Waals surface area contributed by atoms with Crippen LogP contribution >= 0.6 is 11.6 Å². The van der Waals surface area contributed by atoms with Crippen LogP contribution in [0.25, 0.3) is 0 Å². The van der Waals surface area contributed by atoms with E-state index in [4.69, 9.17) is 55.9 Å². The maximum Gasteiger partial charge on any atom is 0.267 e. The molecule has 8 aromatic carbocycles. The molecule has 2 heterocycles. The number of hydrogen-bond acceptors (Lipinski definition) is 10. The molecule has 0 bridgehead atoms. The number of carbonyl (C=O) groups is 2. The van der Waals surface area contributed by atoms with Crippen LogP contribution in [-0.2, 0) is 47.6 Å². The molecule has 0 unspecified atom stereocenters. The standard InChI is InChI=1S/C18H16O5.C18H16O3.C16H14O.C8H9ClO.C8H6/c1-21-15-9-7-14(8-10-15)18(22-11-12-23-18)17(20)16(19)13-5-3-2-4-6-13;1-19-17-9-7-16(8-10-17)18(20-13-14-21-18)12-11-15-5-3-2-4-6-15;1-17-16-12-10-15(11-13-16)9-5-8-14-6-3-2-4-7-14;1-10-8-4-2-7(6-9)3-5-8;1-2-8-6-4-3-5-7-8/h2-10H,11-12H2,1H3;2-10H,13-14H2,1H3;2-4,6-7,10-13H,9H2,1H3;2-5H,6H2,1H3;1,3-7H. The van der Waals surface area contributed by atoms with Gasteiger partial charge in [-0.05, 0) is 126 Å². The summed E-state index contributed by atoms with van der Waals surface area (Å²) in [6.45, 7) is 1.57. The van der Waals surface area contributed by atoms with E-state index in [1.165, 1.54) is 5.56 Å². The maximum absolute atomic E-state index is 12.8. The Bertz CT molecular complexity index is 3220. The Hall–Kier alpha value is -8.89. The molecule has 0 saturated carbocycles. The van der Waals surface area contributed by atoms with Crippen LogP contribution < -0.4 is 18.9 Å². The highest BCUT2D eigenvalue weighted by molar-refractivity contribution is 6.45. The second-order valence-electron chi connectivity index (χ2n) is 16.9. The highest BCUT2D eigenvalue weighted by Crippen LogP contribution is 2.35. The van der Waals surface area contributed by atoms with Crippen LogP contribution in [0.2, 0.25) is 0 Å². The molecule has 400 valence electrons. The maximum atomic E-state index is 12.8. The van der Waals surface area contributed by atoms with Gasteiger partial charge in [0.25, 0.3) is 17.4 Å². The number of carbonyl (C=O) groups excluding carboxylic acids is 2. The lowest BCUT2D eigenvalue weighted by atomic mass is 9.95. The molecule has 11 heteroatoms. The number of Topliss-reactive ketones (excluding diaryl/α,β-unsaturated/α-hetero) is 2. The summed E-state index contributed by atoms with van der Waals surface area (Å²) in [6.07, 6.45) is 5.86. The second kappa shape index (κ2) is 32.0. The number of rotatable bonds is 11. The fraction of sp³-hybridized carbons (Fsp3) is 0.176. The van der Waals surface area contributed by atoms with Gasteiger partial charge in [-0.2, -0.15) is 0 Å². The fourth-order valence-electron chi connectivity index (χ4n) is 7.49. The Kier molecular flexibility index (Phi) is 24.0. The third-order valence-electron chi connectivity index (χ3n) is 11.7. The summed E-state index contributed by atoms with van der Waals surface area (Å²) in [5.41, 5.74) is 6.91. The first-order chi connectivity index (χ1) is 38.7. The van der Waals surface area contributed by atoms with Crippen molar-refractivity contribution in [3.8, 4) is 59.0 Å². The SMILES string of the molecule is C#Cc1ccccc1.COc1ccc(C2(C#Cc3ccccc3)OCCO2)cc1.COc1ccc(C2(C(=O)C(=O)c3ccccc3)OCCO2)cc1.COc1ccc(CC#Cc2ccccc2)cc1.COc1ccc(CCl)cc1. The van der Waals surface area contributed by atoms with E-state index in [2.05, 4.69) is 29.6 Å². The molecule has 79 heavy (non-hydrogen) atoms. The van der Waals surface area contributed by atoms with Gasteiger partial charge in [0.05, 0.1) is 54.9 Å². The summed E-state index contributed by atoms with van der Waals surface area (Å²) in [4.78, 5) is 25.3. The van der Waals surface area contributed by atoms with Gasteiger partial charge in [-0.15, -0.1) is 18.0 Å². The molecule has 0 radical (unpaired) electrons. The minimum atomic E-state index is -1.68. The molecule has 8 aromatic rings. The minimum absolute atomic E-state index is 0.250. The van der Waals surface area contributed by atoms with E-state index >= 15 is 0 Å². The van der Waals surface area contributed by atoms with E-state index in [1.54, 1.807) is 83.0 Å². The lowest BCUT2D eigenvalue weighted by molar-refractivity contribution is -0.179. The second-order valence-corrected chi connectivity index (χ2v) is 17.2. The summed E-state index contributed by atoms with van der Waals surface area (Å²) >= 11 is 5.58. The van der Waals surface area contributed by atoms with E-state index in [-0.39, 0.29) is 13.2 Å². The van der Waals surface area contributed by atoms with Crippen molar-refractivity contribution in [1.29, 1.82) is 0 Å². The molecule has 2 aliphatic heterocycles. The predicted octanol–water partition coefficient (Wildman–Crippen LogP) is 12.7. The number of alkyl halides is 1. The van der Waals surface area contributed by atoms with Gasteiger partial charge in [0.2, 0.25) is 5.78 Å². The highest BCUT2D eigenvalue weighted by Gasteiger charge is 2.49. The molecule has 2 saturated heterocycles. The number of terminal acetylenes is 1. The summed E-state index contributed by atoms with van der Waals surface area (Å²) in [7, 11) is 6.51. The highest BCUT2D eigenvalue weighted by atomic mass is 35.5. The van der Waals surface area contributed by atoms with Crippen molar-refractivity contribution in [3.05, 3.63) is 263 Å². The van der Waals surface area contributed by atoms with Crippen molar-refractivity contribution in [2.45, 2.75) is 23.9 Å². The van der Waals surface area contributed by atoms with Gasteiger partial charge < -0.3 is 37.9 Å². The number of ketones is 2. The third kappa shape index (κ3) is 18.1. The monoisotopic (exact) mass is 1070 g/mol. The first-order valence-electron chi connectivity index (χ1n) is 25.1. The number of halogens is 1. The van der Waals surface area contributed by atoms with Crippen LogP contribution in [0, 0.1) is 36.0 Å². The normalized spacial score (nSPS) is 12.9. The Morgan fingerprint density at radius 2 is 0.848 bits per heavy atom. The smallest absolute Gasteiger partial charge is 0.267 e. The van der Waals surface area contributed by atoms with Gasteiger partial charge in [-0.25, -0.2) is 0 Å². The average molecular weight is 1070 g/mol. The van der Waals surface area contributed by atoms with Crippen molar-refractivity contribution in [3.63, 3.8) is 0 Å². The van der Waals surface area contributed by atoms with Gasteiger partial charge in [0.15, 0.2) is 0 Å². The molecule has 2 aliphatic rings. The largest absolute Gasteiger partial charge is 0.497 e. The van der Waals surface area contributed by atoms with Crippen LogP contribution in [0.1, 0.15) is 49.3 Å². The minimum Gasteiger partial charge on any atom is -0.497 e. The van der Waals surface area contributed by atoms with E-state index in [1.807, 2.05) is 164 Å². The molecule has 0 aliphatic carbocycles. The van der Waals surface area contributed by atoms with Gasteiger partial charge in [0.1, 0.15) is 23.0 Å². The molecule has 0 amide bonds. The zero-order chi connectivity index (χ0) is 56.0. The fourth-order valence-corrected chi connectivity index (χ4v) is 7.67. The molecular formula is C68H61ClO10. The van der Waals surface area contributed by atoms with Crippen LogP contribution in [0.4, 0.5) is 0 Å². The molecule has 0 atom stereocenters. The zero-order valence-corrected chi connectivity index (χ0v) is 45.3. The molecule has 10 nitrogen and oxygen atoms in total. The third-order valence-corrected chi connectivity index (χ3v) is 12.0. The molecular weight excluding hydrogens is 1010 g/mol. The first kappa shape index (κ1) is 59.4. The Morgan fingerprint density at radius 1 is 0.468 bits per heavy atom. The van der Waals surface area contributed by atoms with Crippen molar-refractivity contribution in [2.24, 2.45) is 0 Å². The van der Waals surface area contributed by atoms with Crippen LogP contribution in [0.3, 0.4) is 0 Å². The van der Waals surface area contributed by atoms with Gasteiger partial charge in [-0.1, -0.05) is 133 Å². The topological polar surface area (TPSA) is 108 Å². The first-order valence-corrected chi connectivity index (χ1v) is 25.7. The van der Waals surface area contributed by atoms with E-state index in [0.29, 0.717) is 36.0 Å². The van der Waals surface area contributed by atoms with Crippen molar-refractivity contribution < 1.29 is 47.5 Å². The van der Waals surface area contributed by atoms with Crippen LogP contribution in [0.15, 0.2) is 218 Å². The zero-order valence-electron chi connectivity index (χ0n) is 44.6.